The lowest BCUT2D eigenvalue weighted by Gasteiger charge is -2.11. The van der Waals surface area contributed by atoms with Crippen LogP contribution in [0, 0.1) is 12.8 Å². The molecule has 0 aliphatic rings. The van der Waals surface area contributed by atoms with Crippen LogP contribution in [-0.4, -0.2) is 30.6 Å². The third-order valence-electron chi connectivity index (χ3n) is 3.01. The smallest absolute Gasteiger partial charge is 0.303 e. The van der Waals surface area contributed by atoms with E-state index in [1.54, 1.807) is 14.0 Å². The van der Waals surface area contributed by atoms with Crippen LogP contribution >= 0.6 is 0 Å². The molecule has 0 fully saturated rings. The average Bonchev–Trinajstić information content (AvgIpc) is 2.38. The van der Waals surface area contributed by atoms with Crippen LogP contribution in [0.15, 0.2) is 18.2 Å². The van der Waals surface area contributed by atoms with E-state index in [0.717, 1.165) is 16.9 Å². The minimum atomic E-state index is -0.852. The van der Waals surface area contributed by atoms with Crippen molar-refractivity contribution in [3.8, 4) is 5.75 Å². The molecule has 1 aromatic rings. The molecule has 110 valence electrons. The van der Waals surface area contributed by atoms with Crippen molar-refractivity contribution in [1.82, 2.24) is 5.32 Å². The van der Waals surface area contributed by atoms with Gasteiger partial charge in [-0.15, -0.1) is 0 Å². The molecular weight excluding hydrogens is 258 g/mol. The number of carboxylic acid groups (broad SMARTS) is 1. The van der Waals surface area contributed by atoms with Gasteiger partial charge in [0.2, 0.25) is 5.91 Å². The van der Waals surface area contributed by atoms with Crippen LogP contribution < -0.4 is 10.1 Å². The molecule has 20 heavy (non-hydrogen) atoms. The van der Waals surface area contributed by atoms with Gasteiger partial charge < -0.3 is 15.2 Å². The molecule has 0 saturated heterocycles. The van der Waals surface area contributed by atoms with Gasteiger partial charge >= 0.3 is 5.97 Å². The fourth-order valence-electron chi connectivity index (χ4n) is 1.88. The number of amides is 1. The SMILES string of the molecule is COc1cc(CC(=O)NCC(C)CC(=O)O)ccc1C. The topological polar surface area (TPSA) is 75.6 Å². The number of aryl methyl sites for hydroxylation is 1. The number of benzene rings is 1. The first-order chi connectivity index (χ1) is 9.42. The highest BCUT2D eigenvalue weighted by atomic mass is 16.5. The molecule has 0 saturated carbocycles. The van der Waals surface area contributed by atoms with Crippen molar-refractivity contribution in [2.45, 2.75) is 26.7 Å². The van der Waals surface area contributed by atoms with Crippen LogP contribution in [0.4, 0.5) is 0 Å². The normalized spacial score (nSPS) is 11.8. The summed E-state index contributed by atoms with van der Waals surface area (Å²) in [6, 6.07) is 5.64. The van der Waals surface area contributed by atoms with Gasteiger partial charge in [0.05, 0.1) is 13.5 Å². The Labute approximate surface area is 118 Å². The molecule has 0 aliphatic heterocycles. The van der Waals surface area contributed by atoms with Crippen LogP contribution in [-0.2, 0) is 16.0 Å². The molecule has 1 aromatic carbocycles. The monoisotopic (exact) mass is 279 g/mol. The number of carbonyl (C=O) groups is 2. The van der Waals surface area contributed by atoms with Gasteiger partial charge in [0, 0.05) is 13.0 Å². The maximum absolute atomic E-state index is 11.8. The number of carbonyl (C=O) groups excluding carboxylic acids is 1. The van der Waals surface area contributed by atoms with E-state index in [0.29, 0.717) is 6.54 Å². The fraction of sp³-hybridized carbons (Fsp3) is 0.467. The molecule has 0 heterocycles. The quantitative estimate of drug-likeness (QED) is 0.797. The number of hydrogen-bond donors (Lipinski definition) is 2. The lowest BCUT2D eigenvalue weighted by atomic mass is 10.1. The van der Waals surface area contributed by atoms with E-state index >= 15 is 0 Å². The zero-order valence-electron chi connectivity index (χ0n) is 12.1. The van der Waals surface area contributed by atoms with Crippen molar-refractivity contribution >= 4 is 11.9 Å². The molecular formula is C15H21NO4. The molecule has 1 unspecified atom stereocenters. The average molecular weight is 279 g/mol. The predicted octanol–water partition coefficient (Wildman–Crippen LogP) is 1.77. The van der Waals surface area contributed by atoms with Crippen LogP contribution in [0.1, 0.15) is 24.5 Å². The summed E-state index contributed by atoms with van der Waals surface area (Å²) in [6.07, 6.45) is 0.315. The number of hydrogen-bond acceptors (Lipinski definition) is 3. The minimum Gasteiger partial charge on any atom is -0.496 e. The van der Waals surface area contributed by atoms with Crippen LogP contribution in [0.3, 0.4) is 0 Å². The Morgan fingerprint density at radius 3 is 2.70 bits per heavy atom. The molecule has 0 aliphatic carbocycles. The van der Waals surface area contributed by atoms with Gasteiger partial charge in [0.15, 0.2) is 0 Å². The number of carboxylic acids is 1. The Morgan fingerprint density at radius 1 is 1.40 bits per heavy atom. The Morgan fingerprint density at radius 2 is 2.10 bits per heavy atom. The summed E-state index contributed by atoms with van der Waals surface area (Å²) in [5, 5.41) is 11.4. The summed E-state index contributed by atoms with van der Waals surface area (Å²) < 4.78 is 5.21. The number of nitrogens with one attached hydrogen (secondary N) is 1. The zero-order chi connectivity index (χ0) is 15.1. The fourth-order valence-corrected chi connectivity index (χ4v) is 1.88. The highest BCUT2D eigenvalue weighted by Crippen LogP contribution is 2.19. The summed E-state index contributed by atoms with van der Waals surface area (Å²) in [5.74, 6) is -0.290. The van der Waals surface area contributed by atoms with Gasteiger partial charge in [-0.05, 0) is 30.0 Å². The van der Waals surface area contributed by atoms with Crippen molar-refractivity contribution in [2.75, 3.05) is 13.7 Å². The van der Waals surface area contributed by atoms with E-state index in [4.69, 9.17) is 9.84 Å². The molecule has 0 aromatic heterocycles. The van der Waals surface area contributed by atoms with Crippen molar-refractivity contribution in [1.29, 1.82) is 0 Å². The molecule has 0 bridgehead atoms. The van der Waals surface area contributed by atoms with Crippen molar-refractivity contribution in [3.63, 3.8) is 0 Å². The van der Waals surface area contributed by atoms with Gasteiger partial charge in [-0.25, -0.2) is 0 Å². The first-order valence-electron chi connectivity index (χ1n) is 6.54. The summed E-state index contributed by atoms with van der Waals surface area (Å²) >= 11 is 0. The lowest BCUT2D eigenvalue weighted by molar-refractivity contribution is -0.138. The Kier molecular flexibility index (Phi) is 6.03. The van der Waals surface area contributed by atoms with Gasteiger partial charge in [-0.1, -0.05) is 19.1 Å². The van der Waals surface area contributed by atoms with Gasteiger partial charge in [0.25, 0.3) is 0 Å². The summed E-state index contributed by atoms with van der Waals surface area (Å²) in [7, 11) is 1.60. The van der Waals surface area contributed by atoms with Crippen LogP contribution in [0.2, 0.25) is 0 Å². The molecule has 1 amide bonds. The lowest BCUT2D eigenvalue weighted by Crippen LogP contribution is -2.30. The molecule has 5 heteroatoms. The Bertz CT molecular complexity index is 485. The first-order valence-corrected chi connectivity index (χ1v) is 6.54. The van der Waals surface area contributed by atoms with Gasteiger partial charge in [-0.3, -0.25) is 9.59 Å². The first kappa shape index (κ1) is 16.0. The van der Waals surface area contributed by atoms with E-state index in [9.17, 15) is 9.59 Å². The minimum absolute atomic E-state index is 0.0542. The Hall–Kier alpha value is -2.04. The summed E-state index contributed by atoms with van der Waals surface area (Å²) in [5.41, 5.74) is 1.89. The molecule has 2 N–H and O–H groups in total. The standard InChI is InChI=1S/C15H21NO4/c1-10(6-15(18)19)9-16-14(17)8-12-5-4-11(2)13(7-12)20-3/h4-5,7,10H,6,8-9H2,1-3H3,(H,16,17)(H,18,19). The number of rotatable bonds is 7. The number of methoxy groups -OCH3 is 1. The van der Waals surface area contributed by atoms with Gasteiger partial charge in [0.1, 0.15) is 5.75 Å². The van der Waals surface area contributed by atoms with E-state index < -0.39 is 5.97 Å². The second-order valence-electron chi connectivity index (χ2n) is 4.99. The largest absolute Gasteiger partial charge is 0.496 e. The van der Waals surface area contributed by atoms with Crippen LogP contribution in [0.5, 0.6) is 5.75 Å². The highest BCUT2D eigenvalue weighted by Gasteiger charge is 2.10. The van der Waals surface area contributed by atoms with E-state index in [2.05, 4.69) is 5.32 Å². The Balaban J connectivity index is 2.48. The zero-order valence-corrected chi connectivity index (χ0v) is 12.1. The van der Waals surface area contributed by atoms with Gasteiger partial charge in [-0.2, -0.15) is 0 Å². The van der Waals surface area contributed by atoms with Crippen molar-refractivity contribution in [3.05, 3.63) is 29.3 Å². The van der Waals surface area contributed by atoms with Crippen molar-refractivity contribution < 1.29 is 19.4 Å². The maximum atomic E-state index is 11.8. The van der Waals surface area contributed by atoms with E-state index in [-0.39, 0.29) is 24.7 Å². The maximum Gasteiger partial charge on any atom is 0.303 e. The summed E-state index contributed by atoms with van der Waals surface area (Å²) in [4.78, 5) is 22.3. The molecule has 1 rings (SSSR count). The van der Waals surface area contributed by atoms with E-state index in [1.165, 1.54) is 0 Å². The third-order valence-corrected chi connectivity index (χ3v) is 3.01. The molecule has 1 atom stereocenters. The highest BCUT2D eigenvalue weighted by molar-refractivity contribution is 5.78. The van der Waals surface area contributed by atoms with Crippen molar-refractivity contribution in [2.24, 2.45) is 5.92 Å². The number of aliphatic carboxylic acids is 1. The third kappa shape index (κ3) is 5.30. The van der Waals surface area contributed by atoms with Crippen LogP contribution in [0.25, 0.3) is 0 Å². The molecule has 5 nitrogen and oxygen atoms in total. The predicted molar refractivity (Wildman–Crippen MR) is 75.9 cm³/mol. The second-order valence-corrected chi connectivity index (χ2v) is 4.99. The molecule has 0 radical (unpaired) electrons. The molecule has 0 spiro atoms. The second kappa shape index (κ2) is 7.53. The number of ether oxygens (including phenoxy) is 1. The van der Waals surface area contributed by atoms with E-state index in [1.807, 2.05) is 25.1 Å². The summed E-state index contributed by atoms with van der Waals surface area (Å²) in [6.45, 7) is 4.10.